The molecule has 4 fully saturated rings. The summed E-state index contributed by atoms with van der Waals surface area (Å²) in [5.74, 6) is 1.78. The van der Waals surface area contributed by atoms with Gasteiger partial charge in [0, 0.05) is 6.42 Å². The van der Waals surface area contributed by atoms with E-state index in [1.807, 2.05) is 0 Å². The molecule has 0 radical (unpaired) electrons. The number of aliphatic hydroxyl groups is 5. The first-order chi connectivity index (χ1) is 16.5. The number of rotatable bonds is 4. The van der Waals surface area contributed by atoms with Gasteiger partial charge < -0.3 is 35.0 Å². The van der Waals surface area contributed by atoms with Crippen molar-refractivity contribution in [2.45, 2.75) is 109 Å². The van der Waals surface area contributed by atoms with E-state index in [1.54, 1.807) is 6.92 Å². The van der Waals surface area contributed by atoms with Crippen LogP contribution in [-0.2, 0) is 14.3 Å². The monoisotopic (exact) mass is 494 g/mol. The summed E-state index contributed by atoms with van der Waals surface area (Å²) in [6.45, 7) is 5.69. The molecule has 3 saturated carbocycles. The van der Waals surface area contributed by atoms with Gasteiger partial charge in [0.15, 0.2) is 12.1 Å². The molecule has 8 nitrogen and oxygen atoms in total. The third-order valence-corrected chi connectivity index (χ3v) is 10.9. The molecule has 1 aliphatic heterocycles. The van der Waals surface area contributed by atoms with Crippen molar-refractivity contribution in [1.82, 2.24) is 0 Å². The number of aliphatic hydroxyl groups excluding tert-OH is 5. The number of fused-ring (bicyclic) bond motifs is 5. The first kappa shape index (κ1) is 25.8. The van der Waals surface area contributed by atoms with Gasteiger partial charge in [0.25, 0.3) is 0 Å². The molecule has 5 N–H and O–H groups in total. The van der Waals surface area contributed by atoms with Gasteiger partial charge in [-0.1, -0.05) is 19.9 Å². The number of carbonyl (C=O) groups is 1. The predicted octanol–water partition coefficient (Wildman–Crippen LogP) is 1.31. The fraction of sp³-hybridized carbons (Fsp3) is 0.889. The number of ketones is 1. The maximum Gasteiger partial charge on any atom is 0.186 e. The van der Waals surface area contributed by atoms with Gasteiger partial charge in [0.05, 0.1) is 18.8 Å². The molecule has 13 atom stereocenters. The summed E-state index contributed by atoms with van der Waals surface area (Å²) in [5.41, 5.74) is 0.716. The van der Waals surface area contributed by atoms with Crippen LogP contribution < -0.4 is 0 Å². The Bertz CT molecular complexity index is 858. The smallest absolute Gasteiger partial charge is 0.186 e. The molecular formula is C27H42O8. The Morgan fingerprint density at radius 2 is 1.80 bits per heavy atom. The van der Waals surface area contributed by atoms with Crippen molar-refractivity contribution in [2.24, 2.45) is 34.5 Å². The van der Waals surface area contributed by atoms with Crippen LogP contribution in [0.25, 0.3) is 0 Å². The fourth-order valence-corrected chi connectivity index (χ4v) is 8.87. The molecular weight excluding hydrogens is 452 g/mol. The molecule has 0 unspecified atom stereocenters. The zero-order valence-electron chi connectivity index (χ0n) is 21.0. The highest BCUT2D eigenvalue weighted by atomic mass is 16.7. The number of carbonyl (C=O) groups excluding carboxylic acids is 1. The summed E-state index contributed by atoms with van der Waals surface area (Å²) >= 11 is 0. The zero-order valence-corrected chi connectivity index (χ0v) is 21.0. The van der Waals surface area contributed by atoms with Crippen molar-refractivity contribution in [3.05, 3.63) is 11.6 Å². The second kappa shape index (κ2) is 9.15. The third-order valence-electron chi connectivity index (χ3n) is 10.9. The second-order valence-corrected chi connectivity index (χ2v) is 12.3. The highest BCUT2D eigenvalue weighted by Gasteiger charge is 2.62. The molecule has 0 spiro atoms. The average molecular weight is 495 g/mol. The molecule has 0 bridgehead atoms. The number of hydrogen-bond donors (Lipinski definition) is 5. The summed E-state index contributed by atoms with van der Waals surface area (Å²) < 4.78 is 11.6. The van der Waals surface area contributed by atoms with E-state index in [1.165, 1.54) is 0 Å². The van der Waals surface area contributed by atoms with Gasteiger partial charge in [-0.15, -0.1) is 0 Å². The first-order valence-electron chi connectivity index (χ1n) is 13.4. The molecule has 1 heterocycles. The Morgan fingerprint density at radius 1 is 1.06 bits per heavy atom. The lowest BCUT2D eigenvalue weighted by atomic mass is 9.44. The van der Waals surface area contributed by atoms with Gasteiger partial charge in [0.2, 0.25) is 0 Å². The third kappa shape index (κ3) is 3.87. The average Bonchev–Trinajstić information content (AvgIpc) is 3.18. The minimum atomic E-state index is -1.48. The maximum atomic E-state index is 12.3. The summed E-state index contributed by atoms with van der Waals surface area (Å²) in [4.78, 5) is 12.3. The standard InChI is InChI=1S/C27H42O8/c1-13(29)17-6-7-18-16-5-4-14-10-15(34-25-24(33)23(32)22(31)20(12-28)35-25)11-21(30)27(14,3)19(16)8-9-26(17,18)2/h6,14-16,18-25,28,30-33H,4-5,7-12H2,1-3H3/t14-,15-,16-,18-,19-,20+,21+,22+,23-,24+,25+,26+,27-/m0/s1. The van der Waals surface area contributed by atoms with Crippen molar-refractivity contribution in [3.63, 3.8) is 0 Å². The van der Waals surface area contributed by atoms with Crippen LogP contribution in [0.3, 0.4) is 0 Å². The Balaban J connectivity index is 1.30. The van der Waals surface area contributed by atoms with E-state index in [9.17, 15) is 30.3 Å². The van der Waals surface area contributed by atoms with Gasteiger partial charge in [-0.3, -0.25) is 4.79 Å². The topological polar surface area (TPSA) is 137 Å². The summed E-state index contributed by atoms with van der Waals surface area (Å²) in [7, 11) is 0. The highest BCUT2D eigenvalue weighted by Crippen LogP contribution is 2.66. The van der Waals surface area contributed by atoms with E-state index in [0.29, 0.717) is 24.2 Å². The van der Waals surface area contributed by atoms with E-state index in [4.69, 9.17) is 9.47 Å². The van der Waals surface area contributed by atoms with E-state index in [2.05, 4.69) is 19.9 Å². The summed E-state index contributed by atoms with van der Waals surface area (Å²) in [6.07, 6.45) is 0.846. The number of hydrogen-bond acceptors (Lipinski definition) is 8. The lowest BCUT2D eigenvalue weighted by Gasteiger charge is -2.62. The normalized spacial score (nSPS) is 53.8. The van der Waals surface area contributed by atoms with Crippen molar-refractivity contribution in [1.29, 1.82) is 0 Å². The second-order valence-electron chi connectivity index (χ2n) is 12.3. The van der Waals surface area contributed by atoms with Crippen molar-refractivity contribution < 1.29 is 39.8 Å². The van der Waals surface area contributed by atoms with Crippen LogP contribution in [0, 0.1) is 34.5 Å². The fourth-order valence-electron chi connectivity index (χ4n) is 8.87. The molecule has 4 aliphatic carbocycles. The van der Waals surface area contributed by atoms with Gasteiger partial charge in [-0.25, -0.2) is 0 Å². The van der Waals surface area contributed by atoms with Gasteiger partial charge >= 0.3 is 0 Å². The molecule has 0 aromatic carbocycles. The summed E-state index contributed by atoms with van der Waals surface area (Å²) in [6, 6.07) is 0. The van der Waals surface area contributed by atoms with Crippen LogP contribution in [0.5, 0.6) is 0 Å². The van der Waals surface area contributed by atoms with Crippen LogP contribution in [0.1, 0.15) is 65.7 Å². The predicted molar refractivity (Wildman–Crippen MR) is 126 cm³/mol. The van der Waals surface area contributed by atoms with Crippen LogP contribution >= 0.6 is 0 Å². The number of ether oxygens (including phenoxy) is 2. The summed E-state index contributed by atoms with van der Waals surface area (Å²) in [5, 5.41) is 51.5. The zero-order chi connectivity index (χ0) is 25.3. The van der Waals surface area contributed by atoms with Gasteiger partial charge in [-0.05, 0) is 85.5 Å². The molecule has 198 valence electrons. The minimum Gasteiger partial charge on any atom is -0.394 e. The van der Waals surface area contributed by atoms with Crippen molar-refractivity contribution in [3.8, 4) is 0 Å². The van der Waals surface area contributed by atoms with E-state index >= 15 is 0 Å². The quantitative estimate of drug-likeness (QED) is 0.369. The van der Waals surface area contributed by atoms with E-state index in [0.717, 1.165) is 44.1 Å². The Labute approximate surface area is 207 Å². The SMILES string of the molecule is CC(=O)C1=CC[C@H]2[C@@H]3CC[C@H]4C[C@H](O[C@@H]5O[C@H](CO)[C@@H](O)[C@H](O)[C@H]5O)C[C@@H](O)[C@]4(C)[C@H]3CC[C@]12C. The molecule has 5 rings (SSSR count). The number of allylic oxidation sites excluding steroid dienone is 2. The van der Waals surface area contributed by atoms with Gasteiger partial charge in [-0.2, -0.15) is 0 Å². The van der Waals surface area contributed by atoms with Crippen LogP contribution in [0.2, 0.25) is 0 Å². The lowest BCUT2D eigenvalue weighted by molar-refractivity contribution is -0.320. The maximum absolute atomic E-state index is 12.3. The van der Waals surface area contributed by atoms with Crippen molar-refractivity contribution >= 4 is 5.78 Å². The Hall–Kier alpha value is -0.870. The molecule has 0 aromatic heterocycles. The van der Waals surface area contributed by atoms with Crippen LogP contribution in [-0.4, -0.2) is 80.8 Å². The molecule has 0 amide bonds. The molecule has 1 saturated heterocycles. The van der Waals surface area contributed by atoms with Crippen molar-refractivity contribution in [2.75, 3.05) is 6.61 Å². The largest absolute Gasteiger partial charge is 0.394 e. The van der Waals surface area contributed by atoms with Gasteiger partial charge in [0.1, 0.15) is 24.4 Å². The molecule has 35 heavy (non-hydrogen) atoms. The minimum absolute atomic E-state index is 0.0510. The molecule has 5 aliphatic rings. The highest BCUT2D eigenvalue weighted by molar-refractivity contribution is 5.95. The van der Waals surface area contributed by atoms with Crippen LogP contribution in [0.4, 0.5) is 0 Å². The molecule has 0 aromatic rings. The van der Waals surface area contributed by atoms with E-state index in [-0.39, 0.29) is 28.6 Å². The number of Topliss-reactive ketones (excluding diaryl/α,β-unsaturated/α-hetero) is 1. The van der Waals surface area contributed by atoms with Crippen LogP contribution in [0.15, 0.2) is 11.6 Å². The van der Waals surface area contributed by atoms with E-state index < -0.39 is 43.4 Å². The lowest BCUT2D eigenvalue weighted by Crippen LogP contribution is -2.62. The Kier molecular flexibility index (Phi) is 6.74. The molecule has 8 heteroatoms. The Morgan fingerprint density at radius 3 is 2.49 bits per heavy atom. The first-order valence-corrected chi connectivity index (χ1v) is 13.4.